The Balaban J connectivity index is 1.74. The molecule has 4 nitrogen and oxygen atoms in total. The van der Waals surface area contributed by atoms with Crippen molar-refractivity contribution in [3.8, 4) is 0 Å². The van der Waals surface area contributed by atoms with Gasteiger partial charge in [-0.1, -0.05) is 24.6 Å². The van der Waals surface area contributed by atoms with E-state index in [0.29, 0.717) is 5.69 Å². The van der Waals surface area contributed by atoms with Crippen LogP contribution in [0.4, 0.5) is 5.69 Å². The molecule has 114 valence electrons. The van der Waals surface area contributed by atoms with Crippen LogP contribution < -0.4 is 4.90 Å². The van der Waals surface area contributed by atoms with Gasteiger partial charge < -0.3 is 0 Å². The summed E-state index contributed by atoms with van der Waals surface area (Å²) in [6.45, 7) is 0. The number of carbonyl (C=O) groups excluding carboxylic acids is 2. The summed E-state index contributed by atoms with van der Waals surface area (Å²) < 4.78 is 2.03. The summed E-state index contributed by atoms with van der Waals surface area (Å²) in [4.78, 5) is 31.2. The molecule has 0 radical (unpaired) electrons. The smallest absolute Gasteiger partial charge is 0.237 e. The summed E-state index contributed by atoms with van der Waals surface area (Å²) in [7, 11) is 0. The average Bonchev–Trinajstić information content (AvgIpc) is 3.07. The predicted octanol–water partition coefficient (Wildman–Crippen LogP) is 3.70. The van der Waals surface area contributed by atoms with Crippen molar-refractivity contribution in [3.05, 3.63) is 18.2 Å². The molecule has 2 amide bonds. The molecule has 1 aromatic carbocycles. The van der Waals surface area contributed by atoms with Gasteiger partial charge in [0.2, 0.25) is 11.8 Å². The normalized spacial score (nSPS) is 25.0. The van der Waals surface area contributed by atoms with E-state index >= 15 is 0 Å². The van der Waals surface area contributed by atoms with Gasteiger partial charge in [-0.15, -0.1) is 11.3 Å². The highest BCUT2D eigenvalue weighted by Crippen LogP contribution is 2.41. The number of thiazole rings is 1. The Labute approximate surface area is 136 Å². The van der Waals surface area contributed by atoms with Gasteiger partial charge in [-0.25, -0.2) is 4.98 Å². The minimum atomic E-state index is -0.0971. The third-order valence-electron chi connectivity index (χ3n) is 4.63. The lowest BCUT2D eigenvalue weighted by Gasteiger charge is -2.19. The number of fused-ring (bicyclic) bond motifs is 2. The second-order valence-corrected chi connectivity index (χ2v) is 7.93. The van der Waals surface area contributed by atoms with Crippen LogP contribution in [0.3, 0.4) is 0 Å². The maximum absolute atomic E-state index is 12.6. The SMILES string of the molecule is CSc1nc2ccc(N3C(=O)[C@@H]4CCCC[C@H]4C3=O)cc2s1. The first kappa shape index (κ1) is 14.2. The quantitative estimate of drug-likeness (QED) is 0.621. The Morgan fingerprint density at radius 2 is 1.86 bits per heavy atom. The second kappa shape index (κ2) is 5.35. The molecule has 0 N–H and O–H groups in total. The maximum atomic E-state index is 12.6. The monoisotopic (exact) mass is 332 g/mol. The lowest BCUT2D eigenvalue weighted by Crippen LogP contribution is -2.30. The lowest BCUT2D eigenvalue weighted by atomic mass is 9.81. The van der Waals surface area contributed by atoms with Gasteiger partial charge in [0, 0.05) is 0 Å². The molecule has 0 spiro atoms. The highest BCUT2D eigenvalue weighted by Gasteiger charge is 2.48. The van der Waals surface area contributed by atoms with Crippen molar-refractivity contribution in [2.45, 2.75) is 30.0 Å². The van der Waals surface area contributed by atoms with E-state index in [-0.39, 0.29) is 23.7 Å². The van der Waals surface area contributed by atoms with Crippen LogP contribution in [0.2, 0.25) is 0 Å². The van der Waals surface area contributed by atoms with Crippen LogP contribution in [-0.4, -0.2) is 23.1 Å². The van der Waals surface area contributed by atoms with Crippen LogP contribution in [0, 0.1) is 11.8 Å². The van der Waals surface area contributed by atoms with E-state index in [1.54, 1.807) is 23.1 Å². The van der Waals surface area contributed by atoms with Crippen molar-refractivity contribution in [1.82, 2.24) is 4.98 Å². The van der Waals surface area contributed by atoms with Crippen LogP contribution in [0.15, 0.2) is 22.5 Å². The number of benzene rings is 1. The number of hydrogen-bond donors (Lipinski definition) is 0. The van der Waals surface area contributed by atoms with Gasteiger partial charge >= 0.3 is 0 Å². The Bertz CT molecular complexity index is 747. The molecular formula is C16H16N2O2S2. The molecule has 0 unspecified atom stereocenters. The van der Waals surface area contributed by atoms with Crippen LogP contribution in [-0.2, 0) is 9.59 Å². The molecule has 22 heavy (non-hydrogen) atoms. The number of amides is 2. The first-order chi connectivity index (χ1) is 10.7. The topological polar surface area (TPSA) is 50.3 Å². The van der Waals surface area contributed by atoms with Crippen LogP contribution in [0.5, 0.6) is 0 Å². The average molecular weight is 332 g/mol. The molecule has 2 fully saturated rings. The van der Waals surface area contributed by atoms with Crippen molar-refractivity contribution in [1.29, 1.82) is 0 Å². The van der Waals surface area contributed by atoms with Crippen LogP contribution in [0.25, 0.3) is 10.2 Å². The summed E-state index contributed by atoms with van der Waals surface area (Å²) in [5.41, 5.74) is 1.63. The second-order valence-electron chi connectivity index (χ2n) is 5.85. The van der Waals surface area contributed by atoms with E-state index < -0.39 is 0 Å². The molecule has 2 heterocycles. The highest BCUT2D eigenvalue weighted by atomic mass is 32.2. The van der Waals surface area contributed by atoms with E-state index in [2.05, 4.69) is 4.98 Å². The number of nitrogens with zero attached hydrogens (tertiary/aromatic N) is 2. The van der Waals surface area contributed by atoms with Crippen molar-refractivity contribution in [2.24, 2.45) is 11.8 Å². The first-order valence-corrected chi connectivity index (χ1v) is 9.55. The van der Waals surface area contributed by atoms with Gasteiger partial charge in [-0.2, -0.15) is 0 Å². The van der Waals surface area contributed by atoms with Gasteiger partial charge in [0.05, 0.1) is 27.7 Å². The number of thioether (sulfide) groups is 1. The number of anilines is 1. The third-order valence-corrected chi connectivity index (χ3v) is 6.63. The zero-order valence-electron chi connectivity index (χ0n) is 12.2. The Morgan fingerprint density at radius 1 is 1.18 bits per heavy atom. The molecule has 2 aromatic rings. The number of aromatic nitrogens is 1. The van der Waals surface area contributed by atoms with E-state index in [4.69, 9.17) is 0 Å². The summed E-state index contributed by atoms with van der Waals surface area (Å²) in [6, 6.07) is 5.68. The molecular weight excluding hydrogens is 316 g/mol. The minimum absolute atomic E-state index is 0.0105. The minimum Gasteiger partial charge on any atom is -0.274 e. The molecule has 6 heteroatoms. The van der Waals surface area contributed by atoms with Gasteiger partial charge in [-0.3, -0.25) is 14.5 Å². The Hall–Kier alpha value is -1.40. The first-order valence-electron chi connectivity index (χ1n) is 7.51. The largest absolute Gasteiger partial charge is 0.274 e. The van der Waals surface area contributed by atoms with Crippen molar-refractivity contribution < 1.29 is 9.59 Å². The van der Waals surface area contributed by atoms with Gasteiger partial charge in [0.1, 0.15) is 0 Å². The van der Waals surface area contributed by atoms with E-state index in [1.807, 2.05) is 24.5 Å². The molecule has 1 aromatic heterocycles. The molecule has 1 saturated carbocycles. The number of carbonyl (C=O) groups is 2. The predicted molar refractivity (Wildman–Crippen MR) is 89.3 cm³/mol. The fourth-order valence-corrected chi connectivity index (χ4v) is 5.06. The molecule has 0 bridgehead atoms. The number of hydrogen-bond acceptors (Lipinski definition) is 5. The molecule has 2 atom stereocenters. The molecule has 1 saturated heterocycles. The van der Waals surface area contributed by atoms with Gasteiger partial charge in [-0.05, 0) is 37.3 Å². The summed E-state index contributed by atoms with van der Waals surface area (Å²) >= 11 is 3.21. The van der Waals surface area contributed by atoms with Crippen molar-refractivity contribution >= 4 is 50.8 Å². The van der Waals surface area contributed by atoms with Crippen LogP contribution in [0.1, 0.15) is 25.7 Å². The number of rotatable bonds is 2. The molecule has 1 aliphatic carbocycles. The van der Waals surface area contributed by atoms with E-state index in [1.165, 1.54) is 4.90 Å². The third kappa shape index (κ3) is 2.08. The summed E-state index contributed by atoms with van der Waals surface area (Å²) in [5, 5.41) is 0. The van der Waals surface area contributed by atoms with Gasteiger partial charge in [0.25, 0.3) is 0 Å². The zero-order valence-corrected chi connectivity index (χ0v) is 13.9. The van der Waals surface area contributed by atoms with Crippen LogP contribution >= 0.6 is 23.1 Å². The highest BCUT2D eigenvalue weighted by molar-refractivity contribution is 8.00. The van der Waals surface area contributed by atoms with E-state index in [9.17, 15) is 9.59 Å². The summed E-state index contributed by atoms with van der Waals surface area (Å²) in [5.74, 6) is -0.215. The number of imide groups is 1. The molecule has 1 aliphatic heterocycles. The van der Waals surface area contributed by atoms with E-state index in [0.717, 1.165) is 40.2 Å². The molecule has 4 rings (SSSR count). The standard InChI is InChI=1S/C16H16N2O2S2/c1-21-16-17-12-7-6-9(8-13(12)22-16)18-14(19)10-4-2-3-5-11(10)15(18)20/h6-8,10-11H,2-5H2,1H3/t10-,11-/m1/s1. The fraction of sp³-hybridized carbons (Fsp3) is 0.438. The molecule has 2 aliphatic rings. The zero-order chi connectivity index (χ0) is 15.3. The Kier molecular flexibility index (Phi) is 3.46. The van der Waals surface area contributed by atoms with Crippen molar-refractivity contribution in [3.63, 3.8) is 0 Å². The van der Waals surface area contributed by atoms with Gasteiger partial charge in [0.15, 0.2) is 4.34 Å². The lowest BCUT2D eigenvalue weighted by molar-refractivity contribution is -0.122. The Morgan fingerprint density at radius 3 is 2.50 bits per heavy atom. The maximum Gasteiger partial charge on any atom is 0.237 e. The fourth-order valence-electron chi connectivity index (χ4n) is 3.54. The summed E-state index contributed by atoms with van der Waals surface area (Å²) in [6.07, 6.45) is 5.81. The van der Waals surface area contributed by atoms with Crippen molar-refractivity contribution in [2.75, 3.05) is 11.2 Å².